The molecule has 0 radical (unpaired) electrons. The van der Waals surface area contributed by atoms with Crippen LogP contribution in [-0.4, -0.2) is 61.1 Å². The van der Waals surface area contributed by atoms with Crippen molar-refractivity contribution in [1.82, 2.24) is 0 Å². The molecule has 0 bridgehead atoms. The van der Waals surface area contributed by atoms with Crippen LogP contribution in [0.2, 0.25) is 0 Å². The third-order valence-corrected chi connectivity index (χ3v) is 8.50. The van der Waals surface area contributed by atoms with E-state index in [2.05, 4.69) is 0 Å². The molecule has 2 heterocycles. The lowest BCUT2D eigenvalue weighted by Gasteiger charge is -2.45. The van der Waals surface area contributed by atoms with E-state index in [9.17, 15) is 14.4 Å². The number of rotatable bonds is 6. The van der Waals surface area contributed by atoms with Gasteiger partial charge in [0.1, 0.15) is 18.8 Å². The van der Waals surface area contributed by atoms with Crippen LogP contribution in [0.3, 0.4) is 0 Å². The van der Waals surface area contributed by atoms with Crippen LogP contribution in [-0.2, 0) is 42.6 Å². The Balaban J connectivity index is 2.00. The van der Waals surface area contributed by atoms with E-state index in [0.29, 0.717) is 0 Å². The van der Waals surface area contributed by atoms with Crippen molar-refractivity contribution in [3.63, 3.8) is 0 Å². The van der Waals surface area contributed by atoms with Gasteiger partial charge in [-0.2, -0.15) is 0 Å². The summed E-state index contributed by atoms with van der Waals surface area (Å²) < 4.78 is 36.9. The lowest BCUT2D eigenvalue weighted by Crippen LogP contribution is -2.57. The summed E-state index contributed by atoms with van der Waals surface area (Å²) in [5.74, 6) is -1.76. The minimum absolute atomic E-state index is 0.184. The Labute approximate surface area is 264 Å². The molecule has 0 aromatic heterocycles. The fourth-order valence-corrected chi connectivity index (χ4v) is 4.70. The Hall–Kier alpha value is -2.43. The topological polar surface area (TPSA) is 107 Å². The van der Waals surface area contributed by atoms with Crippen molar-refractivity contribution < 1.29 is 42.6 Å². The van der Waals surface area contributed by atoms with Crippen LogP contribution in [0.4, 0.5) is 0 Å². The molecule has 0 amide bonds. The van der Waals surface area contributed by atoms with E-state index in [1.807, 2.05) is 58.9 Å². The van der Waals surface area contributed by atoms with Crippen LogP contribution >= 0.6 is 0 Å². The van der Waals surface area contributed by atoms with Crippen molar-refractivity contribution in [1.29, 1.82) is 0 Å². The third-order valence-electron chi connectivity index (χ3n) is 8.50. The molecule has 0 spiro atoms. The molecule has 3 rings (SSSR count). The molecule has 10 heteroatoms. The van der Waals surface area contributed by atoms with E-state index in [1.165, 1.54) is 0 Å². The van der Waals surface area contributed by atoms with Crippen LogP contribution in [0.25, 0.3) is 0 Å². The molecule has 2 fully saturated rings. The summed E-state index contributed by atoms with van der Waals surface area (Å²) >= 11 is 0. The highest BCUT2D eigenvalue weighted by Crippen LogP contribution is 2.41. The molecule has 5 atom stereocenters. The molecule has 44 heavy (non-hydrogen) atoms. The van der Waals surface area contributed by atoms with E-state index in [0.717, 1.165) is 11.0 Å². The fraction of sp³-hybridized carbons (Fsp3) is 0.735. The SMILES string of the molecule is C[C@H]1[C@@H](OC(=O)C(C)(C)C)[C@H](OC(=O)C(C)(C)C)[C@@H](COC(=O)C(C)(C)C)O[C@@H]1c1ccc(B2OC(C)(C)C(C)(C)O2)cc1. The molecule has 2 saturated heterocycles. The lowest BCUT2D eigenvalue weighted by molar-refractivity contribution is -0.240. The standard InChI is InChI=1S/C34H53BO9/c1-20-24(21-15-17-22(18-16-21)35-43-33(11,12)34(13,14)44-35)40-23(19-39-27(36)30(2,3)4)26(42-29(38)32(8,9)10)25(20)41-28(37)31(5,6)7/h15-18,20,23-26H,19H2,1-14H3/t20-,23-,24+,25-,26-/m1/s1. The number of carbonyl (C=O) groups is 3. The van der Waals surface area contributed by atoms with Crippen molar-refractivity contribution in [3.05, 3.63) is 29.8 Å². The number of benzene rings is 1. The molecular weight excluding hydrogens is 563 g/mol. The molecule has 0 N–H and O–H groups in total. The highest BCUT2D eigenvalue weighted by molar-refractivity contribution is 6.62. The van der Waals surface area contributed by atoms with Gasteiger partial charge in [-0.15, -0.1) is 0 Å². The Bertz CT molecular complexity index is 1190. The van der Waals surface area contributed by atoms with Gasteiger partial charge in [0.25, 0.3) is 0 Å². The Kier molecular flexibility index (Phi) is 10.2. The highest BCUT2D eigenvalue weighted by atomic mass is 16.7. The van der Waals surface area contributed by atoms with Crippen molar-refractivity contribution >= 4 is 30.5 Å². The molecule has 246 valence electrons. The van der Waals surface area contributed by atoms with Gasteiger partial charge in [0.05, 0.1) is 33.6 Å². The second kappa shape index (κ2) is 12.4. The predicted molar refractivity (Wildman–Crippen MR) is 168 cm³/mol. The molecule has 2 aliphatic rings. The zero-order valence-corrected chi connectivity index (χ0v) is 29.2. The summed E-state index contributed by atoms with van der Waals surface area (Å²) in [4.78, 5) is 39.2. The van der Waals surface area contributed by atoms with Gasteiger partial charge in [-0.25, -0.2) is 0 Å². The Morgan fingerprint density at radius 1 is 0.727 bits per heavy atom. The quantitative estimate of drug-likeness (QED) is 0.231. The molecule has 0 unspecified atom stereocenters. The summed E-state index contributed by atoms with van der Waals surface area (Å²) in [5.41, 5.74) is -1.64. The first kappa shape index (κ1) is 36.0. The number of carbonyl (C=O) groups excluding carboxylic acids is 3. The summed E-state index contributed by atoms with van der Waals surface area (Å²) in [6.45, 7) is 25.6. The van der Waals surface area contributed by atoms with Gasteiger partial charge in [0, 0.05) is 5.92 Å². The second-order valence-corrected chi connectivity index (χ2v) is 16.3. The molecule has 9 nitrogen and oxygen atoms in total. The van der Waals surface area contributed by atoms with Gasteiger partial charge >= 0.3 is 25.0 Å². The zero-order valence-electron chi connectivity index (χ0n) is 29.2. The predicted octanol–water partition coefficient (Wildman–Crippen LogP) is 5.57. The average molecular weight is 617 g/mol. The number of hydrogen-bond donors (Lipinski definition) is 0. The maximum atomic E-state index is 13.2. The first-order chi connectivity index (χ1) is 19.8. The van der Waals surface area contributed by atoms with E-state index in [1.54, 1.807) is 62.3 Å². The Morgan fingerprint density at radius 3 is 1.59 bits per heavy atom. The normalized spacial score (nSPS) is 27.0. The van der Waals surface area contributed by atoms with Crippen molar-refractivity contribution in [2.45, 2.75) is 133 Å². The second-order valence-electron chi connectivity index (χ2n) is 16.3. The van der Waals surface area contributed by atoms with Gasteiger partial charge in [-0.05, 0) is 101 Å². The maximum absolute atomic E-state index is 13.2. The van der Waals surface area contributed by atoms with E-state index >= 15 is 0 Å². The monoisotopic (exact) mass is 616 g/mol. The third kappa shape index (κ3) is 8.04. The minimum atomic E-state index is -1.00. The highest BCUT2D eigenvalue weighted by Gasteiger charge is 2.53. The smallest absolute Gasteiger partial charge is 0.462 e. The number of hydrogen-bond acceptors (Lipinski definition) is 9. The van der Waals surface area contributed by atoms with Gasteiger partial charge in [0.15, 0.2) is 6.10 Å². The average Bonchev–Trinajstić information content (AvgIpc) is 3.10. The molecular formula is C34H53BO9. The van der Waals surface area contributed by atoms with Crippen molar-refractivity contribution in [2.75, 3.05) is 6.61 Å². The number of esters is 3. The van der Waals surface area contributed by atoms with E-state index < -0.39 is 82.8 Å². The van der Waals surface area contributed by atoms with Crippen molar-refractivity contribution in [2.24, 2.45) is 22.2 Å². The molecule has 2 aliphatic heterocycles. The summed E-state index contributed by atoms with van der Waals surface area (Å²) in [7, 11) is -0.523. The maximum Gasteiger partial charge on any atom is 0.494 e. The fourth-order valence-electron chi connectivity index (χ4n) is 4.70. The van der Waals surface area contributed by atoms with Crippen LogP contribution in [0.15, 0.2) is 24.3 Å². The van der Waals surface area contributed by atoms with E-state index in [4.69, 9.17) is 28.3 Å². The molecule has 1 aromatic rings. The Morgan fingerprint density at radius 2 is 1.16 bits per heavy atom. The number of ether oxygens (including phenoxy) is 4. The largest absolute Gasteiger partial charge is 0.494 e. The first-order valence-electron chi connectivity index (χ1n) is 15.6. The van der Waals surface area contributed by atoms with Gasteiger partial charge in [-0.1, -0.05) is 31.2 Å². The van der Waals surface area contributed by atoms with Crippen LogP contribution in [0.1, 0.15) is 109 Å². The van der Waals surface area contributed by atoms with Gasteiger partial charge < -0.3 is 28.3 Å². The molecule has 0 aliphatic carbocycles. The summed E-state index contributed by atoms with van der Waals surface area (Å²) in [5, 5.41) is 0. The van der Waals surface area contributed by atoms with Crippen LogP contribution in [0.5, 0.6) is 0 Å². The summed E-state index contributed by atoms with van der Waals surface area (Å²) in [6, 6.07) is 7.74. The summed E-state index contributed by atoms with van der Waals surface area (Å²) in [6.07, 6.45) is -3.33. The van der Waals surface area contributed by atoms with E-state index in [-0.39, 0.29) is 6.61 Å². The minimum Gasteiger partial charge on any atom is -0.462 e. The van der Waals surface area contributed by atoms with Crippen LogP contribution < -0.4 is 5.46 Å². The first-order valence-corrected chi connectivity index (χ1v) is 15.6. The van der Waals surface area contributed by atoms with Crippen molar-refractivity contribution in [3.8, 4) is 0 Å². The van der Waals surface area contributed by atoms with Gasteiger partial charge in [0.2, 0.25) is 0 Å². The molecule has 1 aromatic carbocycles. The van der Waals surface area contributed by atoms with Gasteiger partial charge in [-0.3, -0.25) is 14.4 Å². The van der Waals surface area contributed by atoms with Crippen LogP contribution in [0, 0.1) is 22.2 Å². The zero-order chi connectivity index (χ0) is 33.6. The molecule has 0 saturated carbocycles. The lowest BCUT2D eigenvalue weighted by atomic mass is 9.77.